The molecule has 0 radical (unpaired) electrons. The van der Waals surface area contributed by atoms with Gasteiger partial charge >= 0.3 is 77.1 Å². The molecule has 3 aromatic rings. The Balaban J connectivity index is 0.00000817. The molecule has 4 atom stereocenters. The van der Waals surface area contributed by atoms with E-state index in [4.69, 9.17) is 14.2 Å². The number of nitrogens with one attached hydrogen (secondary N) is 4. The van der Waals surface area contributed by atoms with Gasteiger partial charge in [-0.15, -0.1) is 0 Å². The maximum atomic E-state index is 13.9. The molecule has 69 heavy (non-hydrogen) atoms. The minimum Gasteiger partial charge on any atom is -0.739 e. The number of aliphatic carboxylic acids is 1. The van der Waals surface area contributed by atoms with E-state index in [-0.39, 0.29) is 93.7 Å². The summed E-state index contributed by atoms with van der Waals surface area (Å²) < 4.78 is 86.6. The minimum absolute atomic E-state index is 0. The van der Waals surface area contributed by atoms with Gasteiger partial charge in [-0.3, -0.25) is 19.2 Å². The van der Waals surface area contributed by atoms with Gasteiger partial charge in [-0.25, -0.2) is 26.4 Å². The van der Waals surface area contributed by atoms with Crippen LogP contribution in [0.3, 0.4) is 0 Å². The second-order valence-corrected chi connectivity index (χ2v) is 23.8. The van der Waals surface area contributed by atoms with Crippen molar-refractivity contribution in [1.82, 2.24) is 21.3 Å². The Morgan fingerprint density at radius 2 is 1.10 bits per heavy atom. The first kappa shape index (κ1) is 61.7. The summed E-state index contributed by atoms with van der Waals surface area (Å²) in [6, 6.07) is 13.8. The van der Waals surface area contributed by atoms with E-state index in [1.54, 1.807) is 57.2 Å². The molecule has 3 aromatic carbocycles. The van der Waals surface area contributed by atoms with Crippen LogP contribution >= 0.6 is 21.6 Å². The zero-order valence-electron chi connectivity index (χ0n) is 39.3. The van der Waals surface area contributed by atoms with Crippen LogP contribution in [0.15, 0.2) is 72.8 Å². The number of hydrogen-bond donors (Lipinski definition) is 5. The fourth-order valence-corrected chi connectivity index (χ4v) is 9.57. The number of carbonyl (C=O) groups is 6. The molecule has 1 aliphatic rings. The van der Waals surface area contributed by atoms with Gasteiger partial charge in [0.15, 0.2) is 0 Å². The van der Waals surface area contributed by atoms with E-state index < -0.39 is 120 Å². The summed E-state index contributed by atoms with van der Waals surface area (Å²) in [5.41, 5.74) is 2.46. The van der Waals surface area contributed by atoms with Crippen molar-refractivity contribution in [3.63, 3.8) is 0 Å². The third-order valence-electron chi connectivity index (χ3n) is 9.44. The Hall–Kier alpha value is -3.40. The first-order valence-electron chi connectivity index (χ1n) is 20.5. The average molecular weight is 1060 g/mol. The monoisotopic (exact) mass is 1050 g/mol. The molecule has 0 spiro atoms. The van der Waals surface area contributed by atoms with Crippen molar-refractivity contribution in [1.29, 1.82) is 0 Å². The molecule has 366 valence electrons. The molecular weight excluding hydrogens is 1000 g/mol. The molecule has 0 heterocycles. The fourth-order valence-electron chi connectivity index (χ4n) is 6.67. The molecule has 26 heteroatoms. The number of carboxylic acids is 1. The molecule has 0 aromatic heterocycles. The average Bonchev–Trinajstić information content (AvgIpc) is 3.53. The summed E-state index contributed by atoms with van der Waals surface area (Å²) in [6.07, 6.45) is -2.54. The molecule has 4 amide bonds. The van der Waals surface area contributed by atoms with Crippen LogP contribution in [-0.4, -0.2) is 120 Å². The number of ether oxygens (including phenoxy) is 3. The number of fused-ring (bicyclic) bond motifs is 3. The largest absolute Gasteiger partial charge is 1.00 e. The van der Waals surface area contributed by atoms with E-state index in [1.807, 2.05) is 57.2 Å². The number of amides is 4. The smallest absolute Gasteiger partial charge is 0.739 e. The first-order valence-corrected chi connectivity index (χ1v) is 26.4. The number of rotatable bonds is 22. The number of benzene rings is 3. The van der Waals surface area contributed by atoms with Crippen molar-refractivity contribution < 1.29 is 133 Å². The van der Waals surface area contributed by atoms with Crippen molar-refractivity contribution in [2.75, 3.05) is 18.1 Å². The van der Waals surface area contributed by atoms with E-state index >= 15 is 0 Å². The third kappa shape index (κ3) is 21.5. The Kier molecular flexibility index (Phi) is 24.0. The van der Waals surface area contributed by atoms with Gasteiger partial charge in [0.25, 0.3) is 0 Å². The van der Waals surface area contributed by atoms with Crippen molar-refractivity contribution in [2.24, 2.45) is 0 Å². The van der Waals surface area contributed by atoms with E-state index in [0.29, 0.717) is 11.3 Å². The maximum absolute atomic E-state index is 13.9. The van der Waals surface area contributed by atoms with Crippen LogP contribution in [-0.2, 0) is 58.2 Å². The van der Waals surface area contributed by atoms with Crippen LogP contribution in [0.25, 0.3) is 11.1 Å². The second kappa shape index (κ2) is 26.9. The fraction of sp³-hybridized carbons (Fsp3) is 0.442. The minimum atomic E-state index is -5.16. The SMILES string of the molecule is CC(C)(C)OC(=O)CC[C@H](NC(=O)[C@H](CSS(=O)(=O)[O-])NC(=O)[C@H](CSS(=O)(=O)[O-])NC(=O)OCC1c2ccccc2-c2ccccc21)C(=O)N[C@@H](Cc1ccc(OC(C)(C)C)cc1)C(=O)O.[Na+].[Na+]. The molecule has 20 nitrogen and oxygen atoms in total. The first-order chi connectivity index (χ1) is 31.1. The quantitative estimate of drug-likeness (QED) is 0.0298. The normalized spacial score (nSPS) is 14.1. The summed E-state index contributed by atoms with van der Waals surface area (Å²) in [4.78, 5) is 79.8. The Bertz CT molecular complexity index is 2480. The second-order valence-electron chi connectivity index (χ2n) is 17.1. The van der Waals surface area contributed by atoms with E-state index in [1.165, 1.54) is 0 Å². The zero-order valence-corrected chi connectivity index (χ0v) is 46.5. The molecular formula is C43H52N4Na2O16S4. The van der Waals surface area contributed by atoms with E-state index in [2.05, 4.69) is 21.3 Å². The number of hydrogen-bond acceptors (Lipinski definition) is 17. The number of alkyl carbamates (subject to hydrolysis) is 1. The van der Waals surface area contributed by atoms with Gasteiger partial charge in [-0.2, -0.15) is 0 Å². The Labute approximate surface area is 452 Å². The predicted molar refractivity (Wildman–Crippen MR) is 245 cm³/mol. The maximum Gasteiger partial charge on any atom is 1.00 e. The Morgan fingerprint density at radius 1 is 0.652 bits per heavy atom. The summed E-state index contributed by atoms with van der Waals surface area (Å²) in [6.45, 7) is 9.99. The summed E-state index contributed by atoms with van der Waals surface area (Å²) in [5, 5.41) is 18.9. The molecule has 0 saturated heterocycles. The van der Waals surface area contributed by atoms with E-state index in [9.17, 15) is 59.8 Å². The summed E-state index contributed by atoms with van der Waals surface area (Å²) in [7, 11) is -10.9. The van der Waals surface area contributed by atoms with Crippen LogP contribution in [0, 0.1) is 0 Å². The summed E-state index contributed by atoms with van der Waals surface area (Å²) >= 11 is 0. The predicted octanol–water partition coefficient (Wildman–Crippen LogP) is -2.63. The molecule has 0 fully saturated rings. The molecule has 0 unspecified atom stereocenters. The van der Waals surface area contributed by atoms with Crippen molar-refractivity contribution >= 4 is 75.6 Å². The topological polar surface area (TPSA) is 313 Å². The van der Waals surface area contributed by atoms with Crippen molar-refractivity contribution in [2.45, 2.75) is 102 Å². The van der Waals surface area contributed by atoms with Crippen LogP contribution in [0.2, 0.25) is 0 Å². The van der Waals surface area contributed by atoms with Crippen molar-refractivity contribution in [3.05, 3.63) is 89.5 Å². The van der Waals surface area contributed by atoms with Crippen LogP contribution in [0.1, 0.15) is 77.0 Å². The number of carbonyl (C=O) groups excluding carboxylic acids is 5. The zero-order chi connectivity index (χ0) is 49.9. The molecule has 0 saturated carbocycles. The number of esters is 1. The van der Waals surface area contributed by atoms with Crippen LogP contribution < -0.4 is 85.1 Å². The van der Waals surface area contributed by atoms with Gasteiger partial charge in [-0.1, -0.05) is 60.7 Å². The summed E-state index contributed by atoms with van der Waals surface area (Å²) in [5.74, 6) is -8.00. The molecule has 5 N–H and O–H groups in total. The van der Waals surface area contributed by atoms with E-state index in [0.717, 1.165) is 22.3 Å². The van der Waals surface area contributed by atoms with Gasteiger partial charge in [-0.05, 0) is 110 Å². The van der Waals surface area contributed by atoms with Gasteiger partial charge in [0.05, 0.1) is 0 Å². The van der Waals surface area contributed by atoms with Gasteiger partial charge in [0, 0.05) is 30.3 Å². The molecule has 1 aliphatic carbocycles. The number of carboxylic acid groups (broad SMARTS) is 1. The van der Waals surface area contributed by atoms with Gasteiger partial charge in [0.1, 0.15) is 66.0 Å². The molecule has 0 aliphatic heterocycles. The van der Waals surface area contributed by atoms with Crippen LogP contribution in [0.4, 0.5) is 4.79 Å². The third-order valence-corrected chi connectivity index (χ3v) is 13.5. The molecule has 0 bridgehead atoms. The van der Waals surface area contributed by atoms with Crippen LogP contribution in [0.5, 0.6) is 5.75 Å². The van der Waals surface area contributed by atoms with Crippen molar-refractivity contribution in [3.8, 4) is 16.9 Å². The van der Waals surface area contributed by atoms with Gasteiger partial charge < -0.3 is 49.7 Å². The van der Waals surface area contributed by atoms with Gasteiger partial charge in [0.2, 0.25) is 17.7 Å². The standard InChI is InChI=1S/C43H54N4O16S4.2Na/c1-42(2,3)62-26-17-15-25(16-18-26)21-33(40(52)53)45-37(49)32(19-20-36(48)63-43(4,5)6)44-38(50)34(23-64-66(55,56)57)46-39(51)35(24-65-67(58,59)60)47-41(54)61-22-31-29-13-9-7-11-27(29)28-12-8-10-14-30(28)31;;/h7-18,31-35H,19-24H2,1-6H3,(H,44,50)(H,45,49)(H,46,51)(H,47,54)(H,52,53)(H,55,56,57)(H,58,59,60);;/q;2*+1/p-2/t32-,33-,34-,35-;;/m0../s1. The Morgan fingerprint density at radius 3 is 1.57 bits per heavy atom. The molecule has 4 rings (SSSR count).